The number of nitrogens with zero attached hydrogens (tertiary/aromatic N) is 5. The Bertz CT molecular complexity index is 1240. The van der Waals surface area contributed by atoms with Crippen LogP contribution < -0.4 is 21.3 Å². The average Bonchev–Trinajstić information content (AvgIpc) is 3.31. The average molecular weight is 533 g/mol. The molecule has 1 atom stereocenters. The first kappa shape index (κ1) is 29.8. The van der Waals surface area contributed by atoms with Crippen molar-refractivity contribution in [3.63, 3.8) is 0 Å². The standard InChI is InChI=1S/C29H40N8O.CH4/c1-6-21-8-10-22(11-9-21)17-37-14-13-24(18-37)31-27-33-28(35-29(34-27)36(5)16-19(2)3)32-25-15-23(26(30)38)12-7-20(25)4;/h7-12,15,19,24H,6,13-14,16-18H2,1-5H3,(H2,30,38)(H2,31,32,33,34,35);1H4/t24-;/m0./s1. The third-order valence-electron chi connectivity index (χ3n) is 6.82. The highest BCUT2D eigenvalue weighted by Gasteiger charge is 2.24. The van der Waals surface area contributed by atoms with E-state index in [1.54, 1.807) is 12.1 Å². The van der Waals surface area contributed by atoms with Crippen molar-refractivity contribution in [2.45, 2.75) is 60.5 Å². The number of carbonyl (C=O) groups is 1. The zero-order valence-electron chi connectivity index (χ0n) is 23.2. The number of nitrogens with one attached hydrogen (secondary N) is 2. The Morgan fingerprint density at radius 3 is 2.46 bits per heavy atom. The predicted octanol–water partition coefficient (Wildman–Crippen LogP) is 5.00. The lowest BCUT2D eigenvalue weighted by Gasteiger charge is -2.22. The fraction of sp³-hybridized carbons (Fsp3) is 0.467. The second kappa shape index (κ2) is 13.4. The quantitative estimate of drug-likeness (QED) is 0.316. The molecule has 9 nitrogen and oxygen atoms in total. The van der Waals surface area contributed by atoms with E-state index in [2.05, 4.69) is 65.6 Å². The summed E-state index contributed by atoms with van der Waals surface area (Å²) in [5.74, 6) is 1.53. The number of amides is 1. The van der Waals surface area contributed by atoms with Crippen LogP contribution in [-0.4, -0.2) is 58.5 Å². The van der Waals surface area contributed by atoms with Crippen LogP contribution in [0.2, 0.25) is 0 Å². The lowest BCUT2D eigenvalue weighted by atomic mass is 10.1. The summed E-state index contributed by atoms with van der Waals surface area (Å²) in [6.07, 6.45) is 2.07. The van der Waals surface area contributed by atoms with Gasteiger partial charge in [-0.1, -0.05) is 58.5 Å². The van der Waals surface area contributed by atoms with Gasteiger partial charge in [0.25, 0.3) is 0 Å². The number of likely N-dealkylation sites (tertiary alicyclic amines) is 1. The van der Waals surface area contributed by atoms with Crippen molar-refractivity contribution < 1.29 is 4.79 Å². The molecule has 1 aliphatic heterocycles. The fourth-order valence-electron chi connectivity index (χ4n) is 4.73. The van der Waals surface area contributed by atoms with E-state index in [9.17, 15) is 4.79 Å². The van der Waals surface area contributed by atoms with Crippen LogP contribution >= 0.6 is 0 Å². The van der Waals surface area contributed by atoms with E-state index >= 15 is 0 Å². The van der Waals surface area contributed by atoms with E-state index in [-0.39, 0.29) is 13.5 Å². The predicted molar refractivity (Wildman–Crippen MR) is 161 cm³/mol. The lowest BCUT2D eigenvalue weighted by Crippen LogP contribution is -2.28. The van der Waals surface area contributed by atoms with Crippen LogP contribution in [-0.2, 0) is 13.0 Å². The van der Waals surface area contributed by atoms with Gasteiger partial charge in [0.05, 0.1) is 0 Å². The second-order valence-corrected chi connectivity index (χ2v) is 10.6. The van der Waals surface area contributed by atoms with Gasteiger partial charge in [-0.3, -0.25) is 9.69 Å². The molecule has 4 rings (SSSR count). The summed E-state index contributed by atoms with van der Waals surface area (Å²) in [6.45, 7) is 12.2. The van der Waals surface area contributed by atoms with Gasteiger partial charge in [0.2, 0.25) is 23.8 Å². The molecule has 1 fully saturated rings. The maximum absolute atomic E-state index is 11.7. The highest BCUT2D eigenvalue weighted by atomic mass is 16.1. The highest BCUT2D eigenvalue weighted by Crippen LogP contribution is 2.24. The molecule has 2 heterocycles. The van der Waals surface area contributed by atoms with Crippen molar-refractivity contribution >= 4 is 29.4 Å². The van der Waals surface area contributed by atoms with Gasteiger partial charge in [0, 0.05) is 50.5 Å². The smallest absolute Gasteiger partial charge is 0.248 e. The Hall–Kier alpha value is -3.72. The summed E-state index contributed by atoms with van der Waals surface area (Å²) in [5, 5.41) is 6.83. The van der Waals surface area contributed by atoms with Gasteiger partial charge < -0.3 is 21.3 Å². The van der Waals surface area contributed by atoms with Gasteiger partial charge in [0.1, 0.15) is 0 Å². The first-order chi connectivity index (χ1) is 18.2. The van der Waals surface area contributed by atoms with Crippen LogP contribution in [0.5, 0.6) is 0 Å². The van der Waals surface area contributed by atoms with Crippen molar-refractivity contribution in [2.75, 3.05) is 42.2 Å². The van der Waals surface area contributed by atoms with Gasteiger partial charge in [-0.25, -0.2) is 0 Å². The van der Waals surface area contributed by atoms with E-state index in [1.165, 1.54) is 11.1 Å². The van der Waals surface area contributed by atoms with Crippen LogP contribution in [0.4, 0.5) is 23.5 Å². The Morgan fingerprint density at radius 2 is 1.79 bits per heavy atom. The molecule has 210 valence electrons. The third-order valence-corrected chi connectivity index (χ3v) is 6.82. The largest absolute Gasteiger partial charge is 0.366 e. The van der Waals surface area contributed by atoms with Crippen LogP contribution in [0.15, 0.2) is 42.5 Å². The summed E-state index contributed by atoms with van der Waals surface area (Å²) in [5.41, 5.74) is 10.3. The van der Waals surface area contributed by atoms with Gasteiger partial charge in [-0.2, -0.15) is 15.0 Å². The van der Waals surface area contributed by atoms with Gasteiger partial charge in [-0.05, 0) is 54.5 Å². The molecule has 39 heavy (non-hydrogen) atoms. The molecule has 1 aromatic heterocycles. The Labute approximate surface area is 233 Å². The Morgan fingerprint density at radius 1 is 1.10 bits per heavy atom. The summed E-state index contributed by atoms with van der Waals surface area (Å²) >= 11 is 0. The number of benzene rings is 2. The van der Waals surface area contributed by atoms with Crippen molar-refractivity contribution in [1.82, 2.24) is 19.9 Å². The molecule has 3 aromatic rings. The monoisotopic (exact) mass is 532 g/mol. The number of hydrogen-bond acceptors (Lipinski definition) is 8. The molecular weight excluding hydrogens is 488 g/mol. The summed E-state index contributed by atoms with van der Waals surface area (Å²) in [7, 11) is 1.99. The molecular formula is C30H44N8O. The van der Waals surface area contributed by atoms with Gasteiger partial charge >= 0.3 is 0 Å². The summed E-state index contributed by atoms with van der Waals surface area (Å²) < 4.78 is 0. The molecule has 0 aliphatic carbocycles. The first-order valence-corrected chi connectivity index (χ1v) is 13.4. The minimum Gasteiger partial charge on any atom is -0.366 e. The molecule has 0 unspecified atom stereocenters. The van der Waals surface area contributed by atoms with Crippen molar-refractivity contribution in [2.24, 2.45) is 11.7 Å². The number of primary amides is 1. The topological polar surface area (TPSA) is 112 Å². The minimum absolute atomic E-state index is 0. The molecule has 9 heteroatoms. The molecule has 1 saturated heterocycles. The van der Waals surface area contributed by atoms with E-state index < -0.39 is 5.91 Å². The zero-order chi connectivity index (χ0) is 27.2. The van der Waals surface area contributed by atoms with Crippen molar-refractivity contribution in [3.8, 4) is 0 Å². The van der Waals surface area contributed by atoms with Crippen LogP contribution in [0.25, 0.3) is 0 Å². The number of aryl methyl sites for hydroxylation is 2. The SMILES string of the molecule is C.CCc1ccc(CN2CC[C@H](Nc3nc(Nc4cc(C(N)=O)ccc4C)nc(N(C)CC(C)C)n3)C2)cc1. The normalized spacial score (nSPS) is 15.2. The summed E-state index contributed by atoms with van der Waals surface area (Å²) in [4.78, 5) is 30.3. The number of nitrogens with two attached hydrogens (primary N) is 1. The molecule has 0 spiro atoms. The van der Waals surface area contributed by atoms with E-state index in [1.807, 2.05) is 24.9 Å². The molecule has 0 radical (unpaired) electrons. The van der Waals surface area contributed by atoms with Gasteiger partial charge in [-0.15, -0.1) is 0 Å². The highest BCUT2D eigenvalue weighted by molar-refractivity contribution is 5.94. The number of hydrogen-bond donors (Lipinski definition) is 3. The van der Waals surface area contributed by atoms with E-state index in [0.29, 0.717) is 29.3 Å². The van der Waals surface area contributed by atoms with Crippen LogP contribution in [0, 0.1) is 12.8 Å². The second-order valence-electron chi connectivity index (χ2n) is 10.6. The fourth-order valence-corrected chi connectivity index (χ4v) is 4.73. The van der Waals surface area contributed by atoms with E-state index in [4.69, 9.17) is 15.7 Å². The Balaban J connectivity index is 0.00000420. The summed E-state index contributed by atoms with van der Waals surface area (Å²) in [6, 6.07) is 14.4. The van der Waals surface area contributed by atoms with Crippen molar-refractivity contribution in [3.05, 3.63) is 64.7 Å². The molecule has 0 saturated carbocycles. The zero-order valence-corrected chi connectivity index (χ0v) is 23.2. The van der Waals surface area contributed by atoms with Crippen LogP contribution in [0.3, 0.4) is 0 Å². The first-order valence-electron chi connectivity index (χ1n) is 13.4. The number of rotatable bonds is 11. The lowest BCUT2D eigenvalue weighted by molar-refractivity contribution is 0.100. The van der Waals surface area contributed by atoms with Gasteiger partial charge in [0.15, 0.2) is 0 Å². The third kappa shape index (κ3) is 8.13. The molecule has 4 N–H and O–H groups in total. The molecule has 0 bridgehead atoms. The number of aromatic nitrogens is 3. The molecule has 1 aliphatic rings. The van der Waals surface area contributed by atoms with Crippen molar-refractivity contribution in [1.29, 1.82) is 0 Å². The van der Waals surface area contributed by atoms with E-state index in [0.717, 1.165) is 50.3 Å². The minimum atomic E-state index is -0.476. The maximum Gasteiger partial charge on any atom is 0.248 e. The number of anilines is 4. The van der Waals surface area contributed by atoms with Crippen LogP contribution in [0.1, 0.15) is 61.7 Å². The molecule has 2 aromatic carbocycles. The number of carbonyl (C=O) groups excluding carboxylic acids is 1. The molecule has 1 amide bonds. The maximum atomic E-state index is 11.7. The Kier molecular flexibility index (Phi) is 10.2.